The summed E-state index contributed by atoms with van der Waals surface area (Å²) >= 11 is 5.71. The second-order valence-electron chi connectivity index (χ2n) is 5.37. The van der Waals surface area contributed by atoms with Crippen molar-refractivity contribution >= 4 is 21.6 Å². The number of sulfonamides is 1. The fraction of sp³-hybridized carbons (Fsp3) is 0.118. The number of benzene rings is 2. The predicted octanol–water partition coefficient (Wildman–Crippen LogP) is 4.31. The van der Waals surface area contributed by atoms with E-state index >= 15 is 0 Å². The first-order valence-electron chi connectivity index (χ1n) is 7.35. The quantitative estimate of drug-likeness (QED) is 0.687. The Kier molecular flexibility index (Phi) is 6.47. The van der Waals surface area contributed by atoms with Crippen molar-refractivity contribution in [1.29, 1.82) is 0 Å². The van der Waals surface area contributed by atoms with Gasteiger partial charge in [-0.15, -0.1) is 0 Å². The zero-order valence-electron chi connectivity index (χ0n) is 13.7. The Bertz CT molecular complexity index is 956. The summed E-state index contributed by atoms with van der Waals surface area (Å²) in [6, 6.07) is 14.6. The first-order valence-corrected chi connectivity index (χ1v) is 9.28. The number of H-pyrrole nitrogens is 1. The minimum Gasteiger partial charge on any atom is -0.276 e. The summed E-state index contributed by atoms with van der Waals surface area (Å²) in [5.41, 5.74) is 2.07. The summed E-state index contributed by atoms with van der Waals surface area (Å²) in [4.78, 5) is 0.156. The van der Waals surface area contributed by atoms with Crippen LogP contribution in [0.2, 0.25) is 5.02 Å². The summed E-state index contributed by atoms with van der Waals surface area (Å²) in [6.45, 7) is 1.88. The third kappa shape index (κ3) is 5.62. The van der Waals surface area contributed by atoms with E-state index in [2.05, 4.69) is 10.2 Å². The minimum absolute atomic E-state index is 0.156. The average Bonchev–Trinajstić information content (AvgIpc) is 3.06. The van der Waals surface area contributed by atoms with Crippen LogP contribution in [0.5, 0.6) is 0 Å². The van der Waals surface area contributed by atoms with Crippen molar-refractivity contribution in [2.24, 2.45) is 5.14 Å². The fourth-order valence-electron chi connectivity index (χ4n) is 1.94. The summed E-state index contributed by atoms with van der Waals surface area (Å²) < 4.78 is 46.0. The number of aromatic amines is 1. The summed E-state index contributed by atoms with van der Waals surface area (Å²) in [7, 11) is -3.52. The maximum atomic E-state index is 12.3. The van der Waals surface area contributed by atoms with Gasteiger partial charge >= 0.3 is 0 Å². The van der Waals surface area contributed by atoms with Gasteiger partial charge in [-0.25, -0.2) is 22.3 Å². The second-order valence-corrected chi connectivity index (χ2v) is 7.37. The molecular formula is C17H16ClF2N3O2S. The molecule has 0 aliphatic carbocycles. The van der Waals surface area contributed by atoms with Crippen LogP contribution in [0.25, 0.3) is 11.3 Å². The Morgan fingerprint density at radius 3 is 2.12 bits per heavy atom. The maximum absolute atomic E-state index is 12.3. The van der Waals surface area contributed by atoms with Crippen molar-refractivity contribution in [3.05, 3.63) is 70.9 Å². The molecule has 0 aliphatic heterocycles. The van der Waals surface area contributed by atoms with Crippen LogP contribution < -0.4 is 5.14 Å². The average molecular weight is 400 g/mol. The molecule has 3 N–H and O–H groups in total. The van der Waals surface area contributed by atoms with Crippen LogP contribution in [0.1, 0.15) is 17.7 Å². The molecule has 3 rings (SSSR count). The van der Waals surface area contributed by atoms with Crippen molar-refractivity contribution < 1.29 is 17.2 Å². The van der Waals surface area contributed by atoms with Gasteiger partial charge in [-0.05, 0) is 37.3 Å². The van der Waals surface area contributed by atoms with Crippen molar-refractivity contribution in [2.45, 2.75) is 18.2 Å². The molecule has 2 aromatic carbocycles. The third-order valence-corrected chi connectivity index (χ3v) is 4.50. The molecule has 0 bridgehead atoms. The van der Waals surface area contributed by atoms with E-state index in [-0.39, 0.29) is 10.6 Å². The zero-order chi connectivity index (χ0) is 19.3. The zero-order valence-corrected chi connectivity index (χ0v) is 15.2. The van der Waals surface area contributed by atoms with Gasteiger partial charge in [0.1, 0.15) is 5.69 Å². The lowest BCUT2D eigenvalue weighted by molar-refractivity contribution is 0.146. The molecule has 3 aromatic rings. The van der Waals surface area contributed by atoms with Crippen LogP contribution >= 0.6 is 11.6 Å². The predicted molar refractivity (Wildman–Crippen MR) is 96.5 cm³/mol. The highest BCUT2D eigenvalue weighted by molar-refractivity contribution is 7.89. The monoisotopic (exact) mass is 399 g/mol. The normalized spacial score (nSPS) is 11.2. The van der Waals surface area contributed by atoms with E-state index in [4.69, 9.17) is 16.7 Å². The molecule has 5 nitrogen and oxygen atoms in total. The van der Waals surface area contributed by atoms with Gasteiger partial charge < -0.3 is 0 Å². The number of hydrogen-bond donors (Lipinski definition) is 2. The maximum Gasteiger partial charge on any atom is 0.279 e. The van der Waals surface area contributed by atoms with Crippen molar-refractivity contribution in [3.8, 4) is 11.3 Å². The van der Waals surface area contributed by atoms with Crippen molar-refractivity contribution in [3.63, 3.8) is 0 Å². The van der Waals surface area contributed by atoms with Gasteiger partial charge in [-0.3, -0.25) is 5.10 Å². The topological polar surface area (TPSA) is 88.8 Å². The van der Waals surface area contributed by atoms with E-state index in [0.29, 0.717) is 10.7 Å². The Hall–Kier alpha value is -2.29. The van der Waals surface area contributed by atoms with Crippen LogP contribution in [0, 0.1) is 6.92 Å². The molecule has 0 fully saturated rings. The first kappa shape index (κ1) is 20.0. The first-order chi connectivity index (χ1) is 12.2. The summed E-state index contributed by atoms with van der Waals surface area (Å²) in [5.74, 6) is 0. The van der Waals surface area contributed by atoms with Crippen molar-refractivity contribution in [2.75, 3.05) is 0 Å². The molecule has 1 heterocycles. The van der Waals surface area contributed by atoms with Crippen LogP contribution in [-0.4, -0.2) is 18.6 Å². The SMILES string of the molecule is Cc1ccc(S(N)(=O)=O)cc1.FC(F)c1cc(-c2ccc(Cl)cc2)n[nH]1. The van der Waals surface area contributed by atoms with Crippen LogP contribution in [0.4, 0.5) is 8.78 Å². The second kappa shape index (κ2) is 8.39. The van der Waals surface area contributed by atoms with Gasteiger partial charge in [-0.1, -0.05) is 41.4 Å². The van der Waals surface area contributed by atoms with E-state index in [0.717, 1.165) is 11.1 Å². The number of aromatic nitrogens is 2. The van der Waals surface area contributed by atoms with E-state index in [1.165, 1.54) is 18.2 Å². The van der Waals surface area contributed by atoms with Gasteiger partial charge in [0, 0.05) is 10.6 Å². The Labute approximate surface area is 154 Å². The highest BCUT2D eigenvalue weighted by Gasteiger charge is 2.11. The highest BCUT2D eigenvalue weighted by Crippen LogP contribution is 2.24. The van der Waals surface area contributed by atoms with E-state index < -0.39 is 16.4 Å². The number of hydrogen-bond acceptors (Lipinski definition) is 3. The summed E-state index contributed by atoms with van der Waals surface area (Å²) in [5, 5.41) is 11.6. The minimum atomic E-state index is -3.52. The van der Waals surface area contributed by atoms with Gasteiger partial charge in [0.05, 0.1) is 10.6 Å². The highest BCUT2D eigenvalue weighted by atomic mass is 35.5. The molecule has 0 saturated carbocycles. The molecule has 0 atom stereocenters. The number of halogens is 3. The molecule has 138 valence electrons. The lowest BCUT2D eigenvalue weighted by atomic mass is 10.1. The smallest absolute Gasteiger partial charge is 0.276 e. The number of primary sulfonamides is 1. The molecule has 0 unspecified atom stereocenters. The summed E-state index contributed by atoms with van der Waals surface area (Å²) in [6.07, 6.45) is -2.53. The number of alkyl halides is 2. The molecular weight excluding hydrogens is 384 g/mol. The molecule has 0 saturated heterocycles. The number of aryl methyl sites for hydroxylation is 1. The Balaban J connectivity index is 0.000000197. The number of nitrogens with one attached hydrogen (secondary N) is 1. The van der Waals surface area contributed by atoms with Gasteiger partial charge in [0.2, 0.25) is 10.0 Å². The molecule has 0 radical (unpaired) electrons. The van der Waals surface area contributed by atoms with E-state index in [9.17, 15) is 17.2 Å². The molecule has 0 amide bonds. The van der Waals surface area contributed by atoms with Crippen LogP contribution in [0.3, 0.4) is 0 Å². The fourth-order valence-corrected chi connectivity index (χ4v) is 2.59. The lowest BCUT2D eigenvalue weighted by Gasteiger charge is -1.96. The van der Waals surface area contributed by atoms with Gasteiger partial charge in [-0.2, -0.15) is 5.10 Å². The molecule has 0 spiro atoms. The van der Waals surface area contributed by atoms with Gasteiger partial charge in [0.25, 0.3) is 6.43 Å². The number of rotatable bonds is 3. The lowest BCUT2D eigenvalue weighted by Crippen LogP contribution is -2.11. The van der Waals surface area contributed by atoms with E-state index in [1.54, 1.807) is 36.4 Å². The Morgan fingerprint density at radius 2 is 1.65 bits per heavy atom. The largest absolute Gasteiger partial charge is 0.279 e. The van der Waals surface area contributed by atoms with Gasteiger partial charge in [0.15, 0.2) is 0 Å². The molecule has 0 aliphatic rings. The molecule has 26 heavy (non-hydrogen) atoms. The number of nitrogens with two attached hydrogens (primary N) is 1. The number of nitrogens with zero attached hydrogens (tertiary/aromatic N) is 1. The van der Waals surface area contributed by atoms with E-state index in [1.807, 2.05) is 6.92 Å². The molecule has 9 heteroatoms. The third-order valence-electron chi connectivity index (χ3n) is 3.32. The van der Waals surface area contributed by atoms with Crippen LogP contribution in [-0.2, 0) is 10.0 Å². The standard InChI is InChI=1S/C10H7ClF2N2.C7H9NO2S/c11-7-3-1-6(2-4-7)8-5-9(10(12)13)15-14-8;1-6-2-4-7(5-3-6)11(8,9)10/h1-5,10H,(H,14,15);2-5H,1H3,(H2,8,9,10). The molecule has 1 aromatic heterocycles. The van der Waals surface area contributed by atoms with Crippen molar-refractivity contribution in [1.82, 2.24) is 10.2 Å². The van der Waals surface area contributed by atoms with Crippen LogP contribution in [0.15, 0.2) is 59.5 Å². The Morgan fingerprint density at radius 1 is 1.08 bits per heavy atom.